The third-order valence-electron chi connectivity index (χ3n) is 3.47. The van der Waals surface area contributed by atoms with Gasteiger partial charge in [-0.15, -0.1) is 0 Å². The van der Waals surface area contributed by atoms with E-state index in [1.54, 1.807) is 14.0 Å². The molecule has 0 aromatic heterocycles. The maximum Gasteiger partial charge on any atom is 0.234 e. The Morgan fingerprint density at radius 2 is 1.72 bits per heavy atom. The van der Waals surface area contributed by atoms with Gasteiger partial charge in [0.05, 0.1) is 11.4 Å². The lowest BCUT2D eigenvalue weighted by Crippen LogP contribution is -2.28. The molecule has 1 heterocycles. The van der Waals surface area contributed by atoms with Crippen LogP contribution < -0.4 is 9.21 Å². The highest BCUT2D eigenvalue weighted by Crippen LogP contribution is 2.24. The summed E-state index contributed by atoms with van der Waals surface area (Å²) >= 11 is 0. The predicted octanol–water partition coefficient (Wildman–Crippen LogP) is 2.07. The van der Waals surface area contributed by atoms with E-state index in [-0.39, 0.29) is 5.75 Å². The number of benzene rings is 1. The largest absolute Gasteiger partial charge is 0.372 e. The third-order valence-corrected chi connectivity index (χ3v) is 5.24. The molecule has 0 amide bonds. The summed E-state index contributed by atoms with van der Waals surface area (Å²) in [6.45, 7) is 3.86. The molecular formula is C13H20N2O2S. The molecule has 1 aliphatic rings. The molecule has 5 heteroatoms. The number of sulfonamides is 1. The molecule has 0 bridgehead atoms. The second-order valence-corrected chi connectivity index (χ2v) is 6.87. The van der Waals surface area contributed by atoms with Crippen LogP contribution in [0.4, 0.5) is 11.4 Å². The van der Waals surface area contributed by atoms with Crippen LogP contribution in [0.3, 0.4) is 0 Å². The number of nitrogens with zero attached hydrogens (tertiary/aromatic N) is 2. The monoisotopic (exact) mass is 268 g/mol. The Morgan fingerprint density at radius 3 is 2.22 bits per heavy atom. The van der Waals surface area contributed by atoms with E-state index in [1.165, 1.54) is 22.8 Å². The second-order valence-electron chi connectivity index (χ2n) is 4.58. The second kappa shape index (κ2) is 5.18. The summed E-state index contributed by atoms with van der Waals surface area (Å²) in [7, 11) is -1.56. The van der Waals surface area contributed by atoms with Crippen molar-refractivity contribution in [3.63, 3.8) is 0 Å². The first-order valence-corrected chi connectivity index (χ1v) is 7.97. The van der Waals surface area contributed by atoms with Crippen molar-refractivity contribution in [1.29, 1.82) is 0 Å². The number of hydrogen-bond acceptors (Lipinski definition) is 3. The highest BCUT2D eigenvalue weighted by Gasteiger charge is 2.17. The van der Waals surface area contributed by atoms with Crippen molar-refractivity contribution in [2.75, 3.05) is 35.1 Å². The van der Waals surface area contributed by atoms with Crippen LogP contribution in [-0.4, -0.2) is 34.3 Å². The number of hydrogen-bond donors (Lipinski definition) is 0. The van der Waals surface area contributed by atoms with Crippen LogP contribution in [0, 0.1) is 0 Å². The van der Waals surface area contributed by atoms with Gasteiger partial charge < -0.3 is 4.90 Å². The van der Waals surface area contributed by atoms with E-state index in [1.807, 2.05) is 24.3 Å². The van der Waals surface area contributed by atoms with Gasteiger partial charge in [-0.25, -0.2) is 8.42 Å². The highest BCUT2D eigenvalue weighted by atomic mass is 32.2. The molecule has 1 aromatic carbocycles. The zero-order chi connectivity index (χ0) is 13.2. The fourth-order valence-corrected chi connectivity index (χ4v) is 3.03. The lowest BCUT2D eigenvalue weighted by Gasteiger charge is -2.21. The normalized spacial score (nSPS) is 16.0. The maximum atomic E-state index is 11.8. The zero-order valence-electron chi connectivity index (χ0n) is 11.0. The molecule has 1 fully saturated rings. The molecule has 0 radical (unpaired) electrons. The van der Waals surface area contributed by atoms with Gasteiger partial charge in [-0.05, 0) is 44.0 Å². The standard InChI is InChI=1S/C13H20N2O2S/c1-3-18(16,17)14(2)12-6-8-13(9-7-12)15-10-4-5-11-15/h6-9H,3-5,10-11H2,1-2H3. The Hall–Kier alpha value is -1.23. The minimum absolute atomic E-state index is 0.122. The van der Waals surface area contributed by atoms with Crippen molar-refractivity contribution in [2.45, 2.75) is 19.8 Å². The van der Waals surface area contributed by atoms with Crippen LogP contribution in [0.2, 0.25) is 0 Å². The Kier molecular flexibility index (Phi) is 3.80. The van der Waals surface area contributed by atoms with Crippen molar-refractivity contribution in [3.05, 3.63) is 24.3 Å². The first-order valence-electron chi connectivity index (χ1n) is 6.36. The van der Waals surface area contributed by atoms with Crippen LogP contribution in [0.1, 0.15) is 19.8 Å². The molecule has 0 aliphatic carbocycles. The van der Waals surface area contributed by atoms with Gasteiger partial charge in [0.1, 0.15) is 0 Å². The summed E-state index contributed by atoms with van der Waals surface area (Å²) in [5, 5.41) is 0. The fourth-order valence-electron chi connectivity index (χ4n) is 2.20. The van der Waals surface area contributed by atoms with Crippen molar-refractivity contribution in [3.8, 4) is 0 Å². The Morgan fingerprint density at radius 1 is 1.17 bits per heavy atom. The first kappa shape index (κ1) is 13.2. The molecule has 0 atom stereocenters. The van der Waals surface area contributed by atoms with Gasteiger partial charge in [0.2, 0.25) is 10.0 Å². The summed E-state index contributed by atoms with van der Waals surface area (Å²) in [6.07, 6.45) is 2.48. The predicted molar refractivity (Wildman–Crippen MR) is 75.8 cm³/mol. The number of rotatable bonds is 4. The Bertz CT molecular complexity index is 490. The van der Waals surface area contributed by atoms with Crippen LogP contribution in [0.5, 0.6) is 0 Å². The van der Waals surface area contributed by atoms with E-state index in [9.17, 15) is 8.42 Å². The average Bonchev–Trinajstić information content (AvgIpc) is 2.92. The molecule has 100 valence electrons. The summed E-state index contributed by atoms with van der Waals surface area (Å²) < 4.78 is 24.9. The Balaban J connectivity index is 2.17. The molecule has 0 saturated carbocycles. The topological polar surface area (TPSA) is 40.6 Å². The van der Waals surface area contributed by atoms with Crippen molar-refractivity contribution >= 4 is 21.4 Å². The SMILES string of the molecule is CCS(=O)(=O)N(C)c1ccc(N2CCCC2)cc1. The molecule has 1 aliphatic heterocycles. The summed E-state index contributed by atoms with van der Waals surface area (Å²) in [5.41, 5.74) is 1.90. The fraction of sp³-hybridized carbons (Fsp3) is 0.538. The van der Waals surface area contributed by atoms with Gasteiger partial charge in [-0.3, -0.25) is 4.31 Å². The summed E-state index contributed by atoms with van der Waals surface area (Å²) in [4.78, 5) is 2.33. The molecule has 2 rings (SSSR count). The molecular weight excluding hydrogens is 248 g/mol. The van der Waals surface area contributed by atoms with Gasteiger partial charge in [0.25, 0.3) is 0 Å². The van der Waals surface area contributed by atoms with Gasteiger partial charge >= 0.3 is 0 Å². The maximum absolute atomic E-state index is 11.8. The van der Waals surface area contributed by atoms with Crippen LogP contribution in [0.15, 0.2) is 24.3 Å². The van der Waals surface area contributed by atoms with Gasteiger partial charge in [0, 0.05) is 25.8 Å². The van der Waals surface area contributed by atoms with Crippen molar-refractivity contribution in [1.82, 2.24) is 0 Å². The number of anilines is 2. The quantitative estimate of drug-likeness (QED) is 0.839. The van der Waals surface area contributed by atoms with Gasteiger partial charge in [-0.2, -0.15) is 0 Å². The molecule has 18 heavy (non-hydrogen) atoms. The molecule has 1 aromatic rings. The van der Waals surface area contributed by atoms with E-state index in [2.05, 4.69) is 4.90 Å². The highest BCUT2D eigenvalue weighted by molar-refractivity contribution is 7.92. The van der Waals surface area contributed by atoms with Crippen LogP contribution >= 0.6 is 0 Å². The smallest absolute Gasteiger partial charge is 0.234 e. The summed E-state index contributed by atoms with van der Waals surface area (Å²) in [5.74, 6) is 0.122. The molecule has 0 spiro atoms. The minimum Gasteiger partial charge on any atom is -0.372 e. The minimum atomic E-state index is -3.16. The van der Waals surface area contributed by atoms with E-state index in [0.29, 0.717) is 0 Å². The first-order chi connectivity index (χ1) is 8.54. The third kappa shape index (κ3) is 2.61. The van der Waals surface area contributed by atoms with E-state index in [4.69, 9.17) is 0 Å². The zero-order valence-corrected chi connectivity index (χ0v) is 11.8. The van der Waals surface area contributed by atoms with E-state index < -0.39 is 10.0 Å². The lowest BCUT2D eigenvalue weighted by molar-refractivity contribution is 0.595. The van der Waals surface area contributed by atoms with Gasteiger partial charge in [0.15, 0.2) is 0 Å². The molecule has 0 unspecified atom stereocenters. The average molecular weight is 268 g/mol. The molecule has 1 saturated heterocycles. The van der Waals surface area contributed by atoms with Crippen LogP contribution in [0.25, 0.3) is 0 Å². The van der Waals surface area contributed by atoms with E-state index >= 15 is 0 Å². The van der Waals surface area contributed by atoms with Crippen LogP contribution in [-0.2, 0) is 10.0 Å². The van der Waals surface area contributed by atoms with Gasteiger partial charge in [-0.1, -0.05) is 0 Å². The Labute approximate surface area is 109 Å². The van der Waals surface area contributed by atoms with Crippen molar-refractivity contribution < 1.29 is 8.42 Å². The summed E-state index contributed by atoms with van der Waals surface area (Å²) in [6, 6.07) is 7.76. The molecule has 4 nitrogen and oxygen atoms in total. The van der Waals surface area contributed by atoms with E-state index in [0.717, 1.165) is 18.8 Å². The lowest BCUT2D eigenvalue weighted by atomic mass is 10.2. The molecule has 0 N–H and O–H groups in total. The van der Waals surface area contributed by atoms with Crippen molar-refractivity contribution in [2.24, 2.45) is 0 Å².